The molecule has 0 saturated heterocycles. The Labute approximate surface area is 146 Å². The predicted octanol–water partition coefficient (Wildman–Crippen LogP) is 3.36. The van der Waals surface area contributed by atoms with Crippen LogP contribution in [0.15, 0.2) is 72.8 Å². The topological polar surface area (TPSA) is 55.4 Å². The summed E-state index contributed by atoms with van der Waals surface area (Å²) in [5, 5.41) is 4.77. The predicted molar refractivity (Wildman–Crippen MR) is 97.4 cm³/mol. The molecule has 0 saturated carbocycles. The van der Waals surface area contributed by atoms with E-state index >= 15 is 0 Å². The van der Waals surface area contributed by atoms with E-state index in [4.69, 9.17) is 4.74 Å². The van der Waals surface area contributed by atoms with E-state index in [0.717, 1.165) is 22.8 Å². The van der Waals surface area contributed by atoms with Gasteiger partial charge in [0, 0.05) is 6.54 Å². The average molecular weight is 333 g/mol. The van der Waals surface area contributed by atoms with Gasteiger partial charge in [0.25, 0.3) is 5.91 Å². The van der Waals surface area contributed by atoms with Crippen LogP contribution in [0.25, 0.3) is 10.8 Å². The van der Waals surface area contributed by atoms with Crippen molar-refractivity contribution in [2.45, 2.75) is 6.42 Å². The highest BCUT2D eigenvalue weighted by Crippen LogP contribution is 2.16. The van der Waals surface area contributed by atoms with Crippen molar-refractivity contribution in [1.82, 2.24) is 5.32 Å². The third kappa shape index (κ3) is 4.67. The molecule has 4 nitrogen and oxygen atoms in total. The summed E-state index contributed by atoms with van der Waals surface area (Å²) in [6.45, 7) is 0.233. The van der Waals surface area contributed by atoms with E-state index in [0.29, 0.717) is 12.1 Å². The molecular weight excluding hydrogens is 314 g/mol. The summed E-state index contributed by atoms with van der Waals surface area (Å²) in [6, 6.07) is 23.0. The molecule has 0 spiro atoms. The van der Waals surface area contributed by atoms with Crippen LogP contribution < -0.4 is 5.32 Å². The molecule has 126 valence electrons. The van der Waals surface area contributed by atoms with Crippen LogP contribution in [0.4, 0.5) is 0 Å². The zero-order valence-corrected chi connectivity index (χ0v) is 13.8. The first-order valence-electron chi connectivity index (χ1n) is 8.19. The van der Waals surface area contributed by atoms with Crippen LogP contribution in [0.1, 0.15) is 15.9 Å². The van der Waals surface area contributed by atoms with Gasteiger partial charge in [-0.15, -0.1) is 0 Å². The fourth-order valence-electron chi connectivity index (χ4n) is 2.57. The monoisotopic (exact) mass is 333 g/mol. The normalized spacial score (nSPS) is 10.4. The van der Waals surface area contributed by atoms with Gasteiger partial charge in [0.05, 0.1) is 5.56 Å². The molecule has 0 aromatic heterocycles. The number of hydrogen-bond acceptors (Lipinski definition) is 3. The summed E-state index contributed by atoms with van der Waals surface area (Å²) in [5.41, 5.74) is 1.59. The van der Waals surface area contributed by atoms with E-state index < -0.39 is 5.97 Å². The Balaban J connectivity index is 1.46. The first-order valence-corrected chi connectivity index (χ1v) is 8.19. The van der Waals surface area contributed by atoms with Crippen LogP contribution in [0.2, 0.25) is 0 Å². The highest BCUT2D eigenvalue weighted by molar-refractivity contribution is 5.96. The van der Waals surface area contributed by atoms with Crippen molar-refractivity contribution in [1.29, 1.82) is 0 Å². The molecule has 0 aliphatic heterocycles. The van der Waals surface area contributed by atoms with Gasteiger partial charge in [-0.25, -0.2) is 4.79 Å². The standard InChI is InChI=1S/C21H19NO3/c23-20(22-13-12-16-6-2-1-3-7-16)15-25-21(24)19-11-10-17-8-4-5-9-18(17)14-19/h1-11,14H,12-13,15H2,(H,22,23). The number of hydrogen-bond donors (Lipinski definition) is 1. The summed E-state index contributed by atoms with van der Waals surface area (Å²) in [7, 11) is 0. The van der Waals surface area contributed by atoms with Gasteiger partial charge in [-0.1, -0.05) is 60.7 Å². The molecular formula is C21H19NO3. The van der Waals surface area contributed by atoms with Gasteiger partial charge in [-0.05, 0) is 34.9 Å². The molecule has 0 unspecified atom stereocenters. The Bertz CT molecular complexity index is 874. The summed E-state index contributed by atoms with van der Waals surface area (Å²) in [4.78, 5) is 23.9. The van der Waals surface area contributed by atoms with Gasteiger partial charge in [0.1, 0.15) is 0 Å². The van der Waals surface area contributed by atoms with Gasteiger partial charge < -0.3 is 10.1 Å². The molecule has 0 atom stereocenters. The van der Waals surface area contributed by atoms with Gasteiger partial charge >= 0.3 is 5.97 Å². The number of rotatable bonds is 6. The number of esters is 1. The minimum atomic E-state index is -0.496. The molecule has 0 aliphatic carbocycles. The molecule has 1 amide bonds. The molecule has 4 heteroatoms. The lowest BCUT2D eigenvalue weighted by Crippen LogP contribution is -2.30. The van der Waals surface area contributed by atoms with E-state index in [2.05, 4.69) is 5.32 Å². The second-order valence-electron chi connectivity index (χ2n) is 5.72. The van der Waals surface area contributed by atoms with E-state index in [1.165, 1.54) is 0 Å². The summed E-state index contributed by atoms with van der Waals surface area (Å²) < 4.78 is 5.09. The number of carbonyl (C=O) groups excluding carboxylic acids is 2. The number of fused-ring (bicyclic) bond motifs is 1. The van der Waals surface area contributed by atoms with Crippen LogP contribution in [0.3, 0.4) is 0 Å². The maximum atomic E-state index is 12.1. The van der Waals surface area contributed by atoms with Gasteiger partial charge in [-0.2, -0.15) is 0 Å². The smallest absolute Gasteiger partial charge is 0.338 e. The number of nitrogens with one attached hydrogen (secondary N) is 1. The van der Waals surface area contributed by atoms with E-state index in [9.17, 15) is 9.59 Å². The van der Waals surface area contributed by atoms with Crippen LogP contribution in [0.5, 0.6) is 0 Å². The van der Waals surface area contributed by atoms with Crippen LogP contribution in [0, 0.1) is 0 Å². The molecule has 1 N–H and O–H groups in total. The molecule has 0 aliphatic rings. The first kappa shape index (κ1) is 16.7. The third-order valence-corrected chi connectivity index (χ3v) is 3.90. The lowest BCUT2D eigenvalue weighted by atomic mass is 10.1. The van der Waals surface area contributed by atoms with Gasteiger partial charge in [-0.3, -0.25) is 4.79 Å². The molecule has 3 aromatic carbocycles. The van der Waals surface area contributed by atoms with Crippen molar-refractivity contribution < 1.29 is 14.3 Å². The number of ether oxygens (including phenoxy) is 1. The van der Waals surface area contributed by atoms with Crippen LogP contribution >= 0.6 is 0 Å². The highest BCUT2D eigenvalue weighted by atomic mass is 16.5. The minimum absolute atomic E-state index is 0.277. The van der Waals surface area contributed by atoms with E-state index in [1.54, 1.807) is 12.1 Å². The number of amides is 1. The molecule has 0 bridgehead atoms. The Morgan fingerprint density at radius 1 is 0.840 bits per heavy atom. The minimum Gasteiger partial charge on any atom is -0.452 e. The van der Waals surface area contributed by atoms with Crippen molar-refractivity contribution in [3.8, 4) is 0 Å². The SMILES string of the molecule is O=C(COC(=O)c1ccc2ccccc2c1)NCCc1ccccc1. The van der Waals surface area contributed by atoms with Crippen molar-refractivity contribution >= 4 is 22.6 Å². The molecule has 0 fully saturated rings. The first-order chi connectivity index (χ1) is 12.2. The zero-order chi connectivity index (χ0) is 17.5. The van der Waals surface area contributed by atoms with Crippen molar-refractivity contribution in [2.24, 2.45) is 0 Å². The quantitative estimate of drug-likeness (QED) is 0.704. The van der Waals surface area contributed by atoms with Crippen molar-refractivity contribution in [3.05, 3.63) is 83.9 Å². The zero-order valence-electron chi connectivity index (χ0n) is 13.8. The Kier molecular flexibility index (Phi) is 5.42. The van der Waals surface area contributed by atoms with E-state index in [-0.39, 0.29) is 12.5 Å². The fourth-order valence-corrected chi connectivity index (χ4v) is 2.57. The number of benzene rings is 3. The highest BCUT2D eigenvalue weighted by Gasteiger charge is 2.10. The largest absolute Gasteiger partial charge is 0.452 e. The number of carbonyl (C=O) groups is 2. The molecule has 0 radical (unpaired) electrons. The molecule has 25 heavy (non-hydrogen) atoms. The Morgan fingerprint density at radius 2 is 1.56 bits per heavy atom. The second kappa shape index (κ2) is 8.11. The van der Waals surface area contributed by atoms with Crippen molar-refractivity contribution in [3.63, 3.8) is 0 Å². The van der Waals surface area contributed by atoms with Gasteiger partial charge in [0.15, 0.2) is 6.61 Å². The molecule has 3 aromatic rings. The molecule has 0 heterocycles. The maximum Gasteiger partial charge on any atom is 0.338 e. The maximum absolute atomic E-state index is 12.1. The summed E-state index contributed by atoms with van der Waals surface area (Å²) in [5.74, 6) is -0.797. The Morgan fingerprint density at radius 3 is 2.36 bits per heavy atom. The van der Waals surface area contributed by atoms with Crippen LogP contribution in [-0.2, 0) is 16.0 Å². The second-order valence-corrected chi connectivity index (χ2v) is 5.72. The van der Waals surface area contributed by atoms with Gasteiger partial charge in [0.2, 0.25) is 0 Å². The lowest BCUT2D eigenvalue weighted by molar-refractivity contribution is -0.124. The van der Waals surface area contributed by atoms with E-state index in [1.807, 2.05) is 60.7 Å². The summed E-state index contributed by atoms with van der Waals surface area (Å²) in [6.07, 6.45) is 0.741. The third-order valence-electron chi connectivity index (χ3n) is 3.90. The molecule has 3 rings (SSSR count). The average Bonchev–Trinajstić information content (AvgIpc) is 2.66. The summed E-state index contributed by atoms with van der Waals surface area (Å²) >= 11 is 0. The fraction of sp³-hybridized carbons (Fsp3) is 0.143. The van der Waals surface area contributed by atoms with Crippen molar-refractivity contribution in [2.75, 3.05) is 13.2 Å². The Hall–Kier alpha value is -3.14. The lowest BCUT2D eigenvalue weighted by Gasteiger charge is -2.07. The van der Waals surface area contributed by atoms with Crippen LogP contribution in [-0.4, -0.2) is 25.0 Å².